The molecule has 0 aliphatic carbocycles. The fourth-order valence-corrected chi connectivity index (χ4v) is 2.53. The van der Waals surface area contributed by atoms with Gasteiger partial charge in [-0.2, -0.15) is 0 Å². The summed E-state index contributed by atoms with van der Waals surface area (Å²) < 4.78 is 5.50. The number of nitrogens with zero attached hydrogens (tertiary/aromatic N) is 1. The molecule has 0 saturated carbocycles. The summed E-state index contributed by atoms with van der Waals surface area (Å²) in [5, 5.41) is 9.02. The summed E-state index contributed by atoms with van der Waals surface area (Å²) in [5.41, 5.74) is 5.48. The number of amides is 1. The molecule has 0 aromatic carbocycles. The Morgan fingerprint density at radius 3 is 2.71 bits per heavy atom. The number of carbonyl (C=O) groups excluding carboxylic acids is 1. The molecule has 3 atom stereocenters. The molecule has 17 heavy (non-hydrogen) atoms. The maximum absolute atomic E-state index is 12.1. The second-order valence-electron chi connectivity index (χ2n) is 4.59. The zero-order valence-corrected chi connectivity index (χ0v) is 9.67. The number of likely N-dealkylation sites (tertiary alicyclic amines) is 1. The number of carboxylic acids is 1. The van der Waals surface area contributed by atoms with Crippen LogP contribution in [0.25, 0.3) is 0 Å². The molecule has 2 aliphatic rings. The predicted octanol–water partition coefficient (Wildman–Crippen LogP) is -0.432. The van der Waals surface area contributed by atoms with Gasteiger partial charge in [-0.25, -0.2) is 4.79 Å². The van der Waals surface area contributed by atoms with Gasteiger partial charge in [0.25, 0.3) is 5.91 Å². The van der Waals surface area contributed by atoms with E-state index in [4.69, 9.17) is 15.6 Å². The number of nitrogens with two attached hydrogens (primary N) is 1. The molecule has 2 unspecified atom stereocenters. The molecule has 6 nitrogen and oxygen atoms in total. The van der Waals surface area contributed by atoms with Crippen molar-refractivity contribution >= 4 is 11.9 Å². The average molecular weight is 242 g/mol. The fourth-order valence-electron chi connectivity index (χ4n) is 2.53. The lowest BCUT2D eigenvalue weighted by Crippen LogP contribution is -2.45. The van der Waals surface area contributed by atoms with Crippen LogP contribution in [0.1, 0.15) is 25.7 Å². The monoisotopic (exact) mass is 242 g/mol. The summed E-state index contributed by atoms with van der Waals surface area (Å²) in [7, 11) is 0. The Morgan fingerprint density at radius 2 is 2.12 bits per heavy atom. The minimum Gasteiger partial charge on any atom is -0.480 e. The van der Waals surface area contributed by atoms with Gasteiger partial charge >= 0.3 is 5.97 Å². The number of aliphatic carboxylic acids is 1. The summed E-state index contributed by atoms with van der Waals surface area (Å²) in [6, 6.07) is -0.678. The smallest absolute Gasteiger partial charge is 0.326 e. The summed E-state index contributed by atoms with van der Waals surface area (Å²) in [4.78, 5) is 24.6. The quantitative estimate of drug-likeness (QED) is 0.700. The number of ether oxygens (including phenoxy) is 1. The summed E-state index contributed by atoms with van der Waals surface area (Å²) >= 11 is 0. The van der Waals surface area contributed by atoms with Crippen molar-refractivity contribution in [3.05, 3.63) is 0 Å². The first-order valence-corrected chi connectivity index (χ1v) is 6.02. The molecule has 2 aliphatic heterocycles. The van der Waals surface area contributed by atoms with Crippen LogP contribution in [0.2, 0.25) is 0 Å². The van der Waals surface area contributed by atoms with Gasteiger partial charge in [0.15, 0.2) is 0 Å². The molecule has 96 valence electrons. The lowest BCUT2D eigenvalue weighted by Gasteiger charge is -2.24. The van der Waals surface area contributed by atoms with Crippen molar-refractivity contribution in [2.45, 2.75) is 43.9 Å². The highest BCUT2D eigenvalue weighted by Gasteiger charge is 2.40. The van der Waals surface area contributed by atoms with Crippen LogP contribution in [0.15, 0.2) is 0 Å². The van der Waals surface area contributed by atoms with Crippen LogP contribution >= 0.6 is 0 Å². The van der Waals surface area contributed by atoms with E-state index < -0.39 is 18.1 Å². The maximum Gasteiger partial charge on any atom is 0.326 e. The van der Waals surface area contributed by atoms with E-state index in [2.05, 4.69) is 0 Å². The van der Waals surface area contributed by atoms with Crippen molar-refractivity contribution in [1.29, 1.82) is 0 Å². The summed E-state index contributed by atoms with van der Waals surface area (Å²) in [5.74, 6) is -1.12. The van der Waals surface area contributed by atoms with Crippen LogP contribution < -0.4 is 5.73 Å². The minimum absolute atomic E-state index is 0.0603. The van der Waals surface area contributed by atoms with E-state index in [0.717, 1.165) is 12.8 Å². The molecule has 0 radical (unpaired) electrons. The van der Waals surface area contributed by atoms with Crippen molar-refractivity contribution in [3.8, 4) is 0 Å². The van der Waals surface area contributed by atoms with Gasteiger partial charge in [0.2, 0.25) is 0 Å². The molecule has 2 rings (SSSR count). The van der Waals surface area contributed by atoms with Gasteiger partial charge < -0.3 is 20.5 Å². The summed E-state index contributed by atoms with van der Waals surface area (Å²) in [6.07, 6.45) is 2.14. The van der Waals surface area contributed by atoms with Crippen molar-refractivity contribution < 1.29 is 19.4 Å². The number of hydrogen-bond donors (Lipinski definition) is 2. The highest BCUT2D eigenvalue weighted by atomic mass is 16.5. The van der Waals surface area contributed by atoms with E-state index in [1.54, 1.807) is 0 Å². The van der Waals surface area contributed by atoms with Gasteiger partial charge in [-0.3, -0.25) is 4.79 Å². The lowest BCUT2D eigenvalue weighted by molar-refractivity contribution is -0.153. The van der Waals surface area contributed by atoms with Crippen LogP contribution in [0, 0.1) is 0 Å². The SMILES string of the molecule is NCC1CCC(C(=O)N2CCC[C@H]2C(=O)O)O1. The lowest BCUT2D eigenvalue weighted by atomic mass is 10.1. The zero-order valence-electron chi connectivity index (χ0n) is 9.67. The fraction of sp³-hybridized carbons (Fsp3) is 0.818. The zero-order chi connectivity index (χ0) is 12.4. The Hall–Kier alpha value is -1.14. The average Bonchev–Trinajstić information content (AvgIpc) is 2.97. The van der Waals surface area contributed by atoms with E-state index in [1.807, 2.05) is 0 Å². The molecule has 6 heteroatoms. The topological polar surface area (TPSA) is 92.9 Å². The van der Waals surface area contributed by atoms with Gasteiger partial charge in [-0.05, 0) is 25.7 Å². The Labute approximate surface area is 99.7 Å². The first-order chi connectivity index (χ1) is 8.13. The number of carboxylic acid groups (broad SMARTS) is 1. The van der Waals surface area contributed by atoms with E-state index in [0.29, 0.717) is 25.9 Å². The van der Waals surface area contributed by atoms with Crippen LogP contribution in [0.4, 0.5) is 0 Å². The third-order valence-electron chi connectivity index (χ3n) is 3.47. The molecule has 0 aromatic rings. The van der Waals surface area contributed by atoms with Crippen molar-refractivity contribution in [1.82, 2.24) is 4.90 Å². The van der Waals surface area contributed by atoms with Crippen LogP contribution in [0.3, 0.4) is 0 Å². The van der Waals surface area contributed by atoms with Gasteiger partial charge in [0.05, 0.1) is 6.10 Å². The number of hydrogen-bond acceptors (Lipinski definition) is 4. The molecule has 0 bridgehead atoms. The molecule has 0 spiro atoms. The third kappa shape index (κ3) is 2.42. The maximum atomic E-state index is 12.1. The van der Waals surface area contributed by atoms with E-state index in [1.165, 1.54) is 4.90 Å². The highest BCUT2D eigenvalue weighted by molar-refractivity contribution is 5.87. The molecule has 2 saturated heterocycles. The van der Waals surface area contributed by atoms with Gasteiger partial charge in [0.1, 0.15) is 12.1 Å². The van der Waals surface area contributed by atoms with Crippen molar-refractivity contribution in [2.24, 2.45) is 5.73 Å². The first-order valence-electron chi connectivity index (χ1n) is 6.02. The minimum atomic E-state index is -0.927. The van der Waals surface area contributed by atoms with E-state index in [-0.39, 0.29) is 12.0 Å². The van der Waals surface area contributed by atoms with Gasteiger partial charge in [-0.1, -0.05) is 0 Å². The Bertz CT molecular complexity index is 321. The molecule has 1 amide bonds. The summed E-state index contributed by atoms with van der Waals surface area (Å²) in [6.45, 7) is 0.926. The predicted molar refractivity (Wildman–Crippen MR) is 59.3 cm³/mol. The molecule has 3 N–H and O–H groups in total. The largest absolute Gasteiger partial charge is 0.480 e. The standard InChI is InChI=1S/C11H18N2O4/c12-6-7-3-4-9(17-7)10(14)13-5-1-2-8(13)11(15)16/h7-9H,1-6,12H2,(H,15,16)/t7?,8-,9?/m0/s1. The third-order valence-corrected chi connectivity index (χ3v) is 3.47. The normalized spacial score (nSPS) is 33.0. The second-order valence-corrected chi connectivity index (χ2v) is 4.59. The molecule has 2 fully saturated rings. The second kappa shape index (κ2) is 5.01. The van der Waals surface area contributed by atoms with Crippen LogP contribution in [-0.2, 0) is 14.3 Å². The van der Waals surface area contributed by atoms with E-state index in [9.17, 15) is 9.59 Å². The van der Waals surface area contributed by atoms with Crippen LogP contribution in [-0.4, -0.2) is 53.2 Å². The molecule has 0 aromatic heterocycles. The Morgan fingerprint density at radius 1 is 1.35 bits per heavy atom. The Balaban J connectivity index is 1.98. The number of carbonyl (C=O) groups is 2. The molecule has 2 heterocycles. The highest BCUT2D eigenvalue weighted by Crippen LogP contribution is 2.25. The van der Waals surface area contributed by atoms with Crippen LogP contribution in [0.5, 0.6) is 0 Å². The van der Waals surface area contributed by atoms with Crippen molar-refractivity contribution in [2.75, 3.05) is 13.1 Å². The Kier molecular flexibility index (Phi) is 3.63. The van der Waals surface area contributed by atoms with Gasteiger partial charge in [0, 0.05) is 13.1 Å². The number of rotatable bonds is 3. The van der Waals surface area contributed by atoms with E-state index >= 15 is 0 Å². The molecular formula is C11H18N2O4. The van der Waals surface area contributed by atoms with Gasteiger partial charge in [-0.15, -0.1) is 0 Å². The molecular weight excluding hydrogens is 224 g/mol. The van der Waals surface area contributed by atoms with Crippen molar-refractivity contribution in [3.63, 3.8) is 0 Å². The first kappa shape index (κ1) is 12.3.